The standard InChI is InChI=1S/C19H21N3OS/c23-16(5-4-14-8-10-20-11-9-14)6-7-17-12-15-13-21-18-2-1-3-19(24-17)22(15)18/h1-3,6-7,12-14,20H,4-5,8-11H2/b7-6+. The van der Waals surface area contributed by atoms with Crippen molar-refractivity contribution in [3.05, 3.63) is 47.1 Å². The minimum absolute atomic E-state index is 0.229. The Morgan fingerprint density at radius 3 is 3.12 bits per heavy atom. The Bertz CT molecular complexity index is 815. The average molecular weight is 339 g/mol. The summed E-state index contributed by atoms with van der Waals surface area (Å²) in [5.74, 6) is 0.936. The molecule has 1 saturated heterocycles. The van der Waals surface area contributed by atoms with Gasteiger partial charge >= 0.3 is 0 Å². The largest absolute Gasteiger partial charge is 0.317 e. The molecule has 4 heterocycles. The van der Waals surface area contributed by atoms with Crippen LogP contribution in [0.3, 0.4) is 0 Å². The van der Waals surface area contributed by atoms with E-state index in [1.54, 1.807) is 17.8 Å². The van der Waals surface area contributed by atoms with Crippen LogP contribution in [0.5, 0.6) is 0 Å². The number of hydrogen-bond acceptors (Lipinski definition) is 4. The second-order valence-corrected chi connectivity index (χ2v) is 7.51. The lowest BCUT2D eigenvalue weighted by atomic mass is 9.92. The Labute approximate surface area is 146 Å². The van der Waals surface area contributed by atoms with Gasteiger partial charge in [0, 0.05) is 11.3 Å². The zero-order valence-corrected chi connectivity index (χ0v) is 14.4. The second kappa shape index (κ2) is 6.95. The molecule has 0 spiro atoms. The van der Waals surface area contributed by atoms with E-state index in [-0.39, 0.29) is 5.78 Å². The molecule has 0 amide bonds. The predicted molar refractivity (Wildman–Crippen MR) is 98.0 cm³/mol. The number of nitrogens with one attached hydrogen (secondary N) is 1. The molecule has 0 radical (unpaired) electrons. The highest BCUT2D eigenvalue weighted by molar-refractivity contribution is 8.03. The molecule has 2 aromatic rings. The summed E-state index contributed by atoms with van der Waals surface area (Å²) < 4.78 is 2.14. The fraction of sp³-hybridized carbons (Fsp3) is 0.368. The van der Waals surface area contributed by atoms with E-state index in [1.807, 2.05) is 24.4 Å². The van der Waals surface area contributed by atoms with Gasteiger partial charge in [-0.25, -0.2) is 4.98 Å². The number of imidazole rings is 1. The van der Waals surface area contributed by atoms with Crippen LogP contribution in [0.2, 0.25) is 0 Å². The van der Waals surface area contributed by atoms with Crippen LogP contribution in [0.4, 0.5) is 0 Å². The quantitative estimate of drug-likeness (QED) is 0.844. The Morgan fingerprint density at radius 2 is 2.25 bits per heavy atom. The molecule has 4 nitrogen and oxygen atoms in total. The van der Waals surface area contributed by atoms with E-state index < -0.39 is 0 Å². The van der Waals surface area contributed by atoms with E-state index >= 15 is 0 Å². The smallest absolute Gasteiger partial charge is 0.155 e. The summed E-state index contributed by atoms with van der Waals surface area (Å²) >= 11 is 1.68. The molecule has 124 valence electrons. The lowest BCUT2D eigenvalue weighted by Gasteiger charge is -2.21. The maximum absolute atomic E-state index is 12.2. The van der Waals surface area contributed by atoms with Crippen molar-refractivity contribution in [2.45, 2.75) is 30.7 Å². The summed E-state index contributed by atoms with van der Waals surface area (Å²) in [6.45, 7) is 2.19. The van der Waals surface area contributed by atoms with Crippen LogP contribution < -0.4 is 5.32 Å². The first kappa shape index (κ1) is 15.7. The lowest BCUT2D eigenvalue weighted by molar-refractivity contribution is -0.114. The van der Waals surface area contributed by atoms with Gasteiger partial charge < -0.3 is 5.32 Å². The minimum Gasteiger partial charge on any atom is -0.317 e. The molecule has 1 fully saturated rings. The summed E-state index contributed by atoms with van der Waals surface area (Å²) in [6.07, 6.45) is 11.7. The van der Waals surface area contributed by atoms with Crippen molar-refractivity contribution in [2.24, 2.45) is 5.92 Å². The van der Waals surface area contributed by atoms with Gasteiger partial charge in [0.05, 0.1) is 16.9 Å². The summed E-state index contributed by atoms with van der Waals surface area (Å²) in [6, 6.07) is 6.11. The molecule has 1 N–H and O–H groups in total. The van der Waals surface area contributed by atoms with Crippen molar-refractivity contribution in [2.75, 3.05) is 13.1 Å². The molecular formula is C19H21N3OS. The van der Waals surface area contributed by atoms with Crippen LogP contribution in [0.15, 0.2) is 46.5 Å². The van der Waals surface area contributed by atoms with Crippen molar-refractivity contribution in [1.82, 2.24) is 14.7 Å². The molecule has 2 aromatic heterocycles. The van der Waals surface area contributed by atoms with Gasteiger partial charge in [-0.1, -0.05) is 17.8 Å². The number of nitrogens with zero attached hydrogens (tertiary/aromatic N) is 2. The second-order valence-electron chi connectivity index (χ2n) is 6.42. The number of thioether (sulfide) groups is 1. The van der Waals surface area contributed by atoms with E-state index in [1.165, 1.54) is 12.8 Å². The van der Waals surface area contributed by atoms with Crippen LogP contribution in [-0.2, 0) is 4.79 Å². The zero-order valence-electron chi connectivity index (χ0n) is 13.6. The van der Waals surface area contributed by atoms with Gasteiger partial charge in [0.2, 0.25) is 0 Å². The van der Waals surface area contributed by atoms with Crippen molar-refractivity contribution >= 4 is 29.3 Å². The van der Waals surface area contributed by atoms with E-state index in [4.69, 9.17) is 0 Å². The highest BCUT2D eigenvalue weighted by Gasteiger charge is 2.15. The molecule has 0 atom stereocenters. The maximum Gasteiger partial charge on any atom is 0.155 e. The van der Waals surface area contributed by atoms with Crippen LogP contribution in [0.25, 0.3) is 11.7 Å². The summed E-state index contributed by atoms with van der Waals surface area (Å²) in [7, 11) is 0. The van der Waals surface area contributed by atoms with Gasteiger partial charge in [0.25, 0.3) is 0 Å². The van der Waals surface area contributed by atoms with Gasteiger partial charge in [0.15, 0.2) is 5.78 Å². The number of piperidine rings is 1. The SMILES string of the molecule is O=C(/C=C/C1=Cc2cnc3cccc(n23)S1)CCC1CCNCC1. The third kappa shape index (κ3) is 3.32. The number of hydrogen-bond donors (Lipinski definition) is 1. The lowest BCUT2D eigenvalue weighted by Crippen LogP contribution is -2.27. The molecule has 4 rings (SSSR count). The van der Waals surface area contributed by atoms with Crippen LogP contribution in [-0.4, -0.2) is 28.3 Å². The highest BCUT2D eigenvalue weighted by atomic mass is 32.2. The Kier molecular flexibility index (Phi) is 4.54. The minimum atomic E-state index is 0.229. The monoisotopic (exact) mass is 339 g/mol. The topological polar surface area (TPSA) is 46.4 Å². The third-order valence-corrected chi connectivity index (χ3v) is 5.74. The first-order chi connectivity index (χ1) is 11.8. The molecule has 5 heteroatoms. The van der Waals surface area contributed by atoms with E-state index in [9.17, 15) is 4.79 Å². The van der Waals surface area contributed by atoms with Gasteiger partial charge in [-0.15, -0.1) is 0 Å². The van der Waals surface area contributed by atoms with Crippen molar-refractivity contribution in [3.63, 3.8) is 0 Å². The average Bonchev–Trinajstić information content (AvgIpc) is 3.04. The molecule has 0 bridgehead atoms. The van der Waals surface area contributed by atoms with Gasteiger partial charge in [-0.3, -0.25) is 9.20 Å². The Balaban J connectivity index is 1.39. The fourth-order valence-corrected chi connectivity index (χ4v) is 4.36. The van der Waals surface area contributed by atoms with Crippen LogP contribution in [0.1, 0.15) is 31.4 Å². The summed E-state index contributed by atoms with van der Waals surface area (Å²) in [5.41, 5.74) is 2.04. The maximum atomic E-state index is 12.2. The fourth-order valence-electron chi connectivity index (χ4n) is 3.36. The van der Waals surface area contributed by atoms with E-state index in [0.717, 1.165) is 40.8 Å². The number of rotatable bonds is 5. The normalized spacial score (nSPS) is 18.2. The number of carbonyl (C=O) groups excluding carboxylic acids is 1. The third-order valence-electron chi connectivity index (χ3n) is 4.72. The molecule has 0 unspecified atom stereocenters. The molecular weight excluding hydrogens is 318 g/mol. The van der Waals surface area contributed by atoms with Crippen LogP contribution >= 0.6 is 11.8 Å². The van der Waals surface area contributed by atoms with Crippen molar-refractivity contribution in [1.29, 1.82) is 0 Å². The number of allylic oxidation sites excluding steroid dienone is 2. The predicted octanol–water partition coefficient (Wildman–Crippen LogP) is 3.69. The molecule has 2 aliphatic heterocycles. The first-order valence-corrected chi connectivity index (χ1v) is 9.39. The summed E-state index contributed by atoms with van der Waals surface area (Å²) in [5, 5.41) is 4.51. The number of aromatic nitrogens is 2. The Hall–Kier alpha value is -1.85. The highest BCUT2D eigenvalue weighted by Crippen LogP contribution is 2.34. The van der Waals surface area contributed by atoms with Crippen LogP contribution in [0, 0.1) is 5.92 Å². The van der Waals surface area contributed by atoms with E-state index in [2.05, 4.69) is 26.8 Å². The molecule has 0 saturated carbocycles. The first-order valence-electron chi connectivity index (χ1n) is 8.57. The summed E-state index contributed by atoms with van der Waals surface area (Å²) in [4.78, 5) is 17.7. The number of ketones is 1. The van der Waals surface area contributed by atoms with Gasteiger partial charge in [-0.05, 0) is 68.6 Å². The van der Waals surface area contributed by atoms with E-state index in [0.29, 0.717) is 12.3 Å². The van der Waals surface area contributed by atoms with Gasteiger partial charge in [0.1, 0.15) is 5.65 Å². The van der Waals surface area contributed by atoms with Crippen molar-refractivity contribution < 1.29 is 4.79 Å². The molecule has 2 aliphatic rings. The number of pyridine rings is 1. The molecule has 24 heavy (non-hydrogen) atoms. The van der Waals surface area contributed by atoms with Crippen molar-refractivity contribution in [3.8, 4) is 0 Å². The Morgan fingerprint density at radius 1 is 1.38 bits per heavy atom. The molecule has 0 aromatic carbocycles. The van der Waals surface area contributed by atoms with Gasteiger partial charge in [-0.2, -0.15) is 0 Å². The zero-order chi connectivity index (χ0) is 16.4. The number of carbonyl (C=O) groups is 1. The molecule has 0 aliphatic carbocycles.